The van der Waals surface area contributed by atoms with Gasteiger partial charge in [-0.05, 0) is 42.0 Å². The number of hydrazine groups is 1. The number of nitrogens with zero attached hydrogens (tertiary/aromatic N) is 1. The van der Waals surface area contributed by atoms with Crippen molar-refractivity contribution in [2.24, 2.45) is 10.7 Å². The molecule has 0 aromatic heterocycles. The van der Waals surface area contributed by atoms with Crippen LogP contribution in [0.25, 0.3) is 0 Å². The van der Waals surface area contributed by atoms with Gasteiger partial charge in [0.15, 0.2) is 0 Å². The van der Waals surface area contributed by atoms with Crippen LogP contribution in [-0.2, 0) is 4.79 Å². The van der Waals surface area contributed by atoms with Crippen molar-refractivity contribution in [3.63, 3.8) is 0 Å². The lowest BCUT2D eigenvalue weighted by Gasteiger charge is -2.17. The van der Waals surface area contributed by atoms with Gasteiger partial charge in [-0.2, -0.15) is 4.99 Å². The fraction of sp³-hybridized carbons (Fsp3) is 0.0476. The Kier molecular flexibility index (Phi) is 7.68. The summed E-state index contributed by atoms with van der Waals surface area (Å²) in [6, 6.07) is 19.4. The van der Waals surface area contributed by atoms with E-state index in [2.05, 4.69) is 16.0 Å². The second-order valence-corrected chi connectivity index (χ2v) is 7.45. The van der Waals surface area contributed by atoms with E-state index in [1.54, 1.807) is 72.8 Å². The molecule has 0 bridgehead atoms. The number of amidine groups is 1. The van der Waals surface area contributed by atoms with Gasteiger partial charge in [0.1, 0.15) is 17.6 Å². The highest BCUT2D eigenvalue weighted by molar-refractivity contribution is 6.31. The van der Waals surface area contributed by atoms with Crippen LogP contribution in [-0.4, -0.2) is 11.7 Å². The normalized spacial score (nSPS) is 12.4. The van der Waals surface area contributed by atoms with E-state index in [0.29, 0.717) is 31.9 Å². The summed E-state index contributed by atoms with van der Waals surface area (Å²) in [6.45, 7) is 0. The molecule has 0 fully saturated rings. The minimum Gasteiger partial charge on any atom is -0.394 e. The van der Waals surface area contributed by atoms with Gasteiger partial charge in [-0.15, -0.1) is 0 Å². The van der Waals surface area contributed by atoms with E-state index >= 15 is 0 Å². The summed E-state index contributed by atoms with van der Waals surface area (Å²) in [5.74, 6) is -0.0461. The smallest absolute Gasteiger partial charge is 0.270 e. The Balaban J connectivity index is 1.78. The van der Waals surface area contributed by atoms with Crippen LogP contribution in [0.2, 0.25) is 15.1 Å². The molecule has 0 aliphatic carbocycles. The zero-order chi connectivity index (χ0) is 21.5. The number of halogens is 3. The first-order valence-electron chi connectivity index (χ1n) is 8.75. The Labute approximate surface area is 188 Å². The van der Waals surface area contributed by atoms with Gasteiger partial charge in [0.25, 0.3) is 5.91 Å². The third kappa shape index (κ3) is 6.19. The van der Waals surface area contributed by atoms with Crippen molar-refractivity contribution >= 4 is 46.5 Å². The minimum atomic E-state index is -0.904. The molecule has 0 saturated heterocycles. The molecule has 3 aromatic rings. The monoisotopic (exact) mass is 462 g/mol. The maximum Gasteiger partial charge on any atom is 0.270 e. The van der Waals surface area contributed by atoms with E-state index in [1.165, 1.54) is 0 Å². The van der Waals surface area contributed by atoms with Crippen molar-refractivity contribution in [2.45, 2.75) is 6.04 Å². The molecule has 0 radical (unpaired) electrons. The third-order valence-corrected chi connectivity index (χ3v) is 4.69. The number of carbonyl (C=O) groups excluding carboxylic acids is 1. The van der Waals surface area contributed by atoms with Crippen molar-refractivity contribution in [1.29, 1.82) is 0 Å². The average molecular weight is 464 g/mol. The zero-order valence-corrected chi connectivity index (χ0v) is 17.7. The van der Waals surface area contributed by atoms with E-state index < -0.39 is 11.9 Å². The number of hydrogen-bond acceptors (Lipinski definition) is 4. The summed E-state index contributed by atoms with van der Waals surface area (Å²) in [4.78, 5) is 22.3. The second-order valence-electron chi connectivity index (χ2n) is 6.14. The molecule has 0 aliphatic heterocycles. The number of aliphatic imine (C=N–C) groups is 1. The standard InChI is InChI=1S/C21H17Cl3N4O2/c22-15-9-7-13(8-10-15)19(27-28-30-18-6-2-5-17(24)12-18)21(29)26-20(25)14-3-1-4-16(23)11-14/h1-12,19,27-28H,(H2,25,26,29). The molecule has 3 rings (SSSR count). The molecule has 4 N–H and O–H groups in total. The molecule has 1 amide bonds. The Hall–Kier alpha value is -2.61. The molecule has 1 unspecified atom stereocenters. The third-order valence-electron chi connectivity index (χ3n) is 3.97. The predicted octanol–water partition coefficient (Wildman–Crippen LogP) is 4.71. The summed E-state index contributed by atoms with van der Waals surface area (Å²) >= 11 is 17.9. The fourth-order valence-corrected chi connectivity index (χ4v) is 3.01. The number of benzene rings is 3. The predicted molar refractivity (Wildman–Crippen MR) is 120 cm³/mol. The van der Waals surface area contributed by atoms with Crippen LogP contribution in [0, 0.1) is 0 Å². The van der Waals surface area contributed by atoms with Crippen LogP contribution in [0.1, 0.15) is 17.2 Å². The van der Waals surface area contributed by atoms with E-state index in [-0.39, 0.29) is 5.84 Å². The number of carbonyl (C=O) groups is 1. The fourth-order valence-electron chi connectivity index (χ4n) is 2.52. The summed E-state index contributed by atoms with van der Waals surface area (Å²) in [7, 11) is 0. The van der Waals surface area contributed by atoms with Gasteiger partial charge in [0, 0.05) is 26.7 Å². The Morgan fingerprint density at radius 3 is 2.23 bits per heavy atom. The molecular formula is C21H17Cl3N4O2. The summed E-state index contributed by atoms with van der Waals surface area (Å²) < 4.78 is 0. The van der Waals surface area contributed by atoms with E-state index in [1.807, 2.05) is 0 Å². The van der Waals surface area contributed by atoms with Crippen molar-refractivity contribution < 1.29 is 9.63 Å². The Morgan fingerprint density at radius 2 is 1.57 bits per heavy atom. The lowest BCUT2D eigenvalue weighted by Crippen LogP contribution is -2.41. The van der Waals surface area contributed by atoms with Crippen LogP contribution in [0.4, 0.5) is 0 Å². The van der Waals surface area contributed by atoms with E-state index in [4.69, 9.17) is 45.4 Å². The molecule has 0 heterocycles. The molecule has 6 nitrogen and oxygen atoms in total. The number of hydrogen-bond donors (Lipinski definition) is 3. The largest absolute Gasteiger partial charge is 0.394 e. The van der Waals surface area contributed by atoms with Gasteiger partial charge in [-0.1, -0.05) is 70.7 Å². The first-order valence-corrected chi connectivity index (χ1v) is 9.88. The number of amides is 1. The number of nitrogens with one attached hydrogen (secondary N) is 2. The maximum atomic E-state index is 12.9. The van der Waals surface area contributed by atoms with Crippen molar-refractivity contribution in [1.82, 2.24) is 11.0 Å². The van der Waals surface area contributed by atoms with Crippen molar-refractivity contribution in [3.8, 4) is 5.75 Å². The van der Waals surface area contributed by atoms with E-state index in [9.17, 15) is 4.79 Å². The molecule has 3 aromatic carbocycles. The van der Waals surface area contributed by atoms with Gasteiger partial charge in [0.2, 0.25) is 0 Å². The highest BCUT2D eigenvalue weighted by atomic mass is 35.5. The van der Waals surface area contributed by atoms with Crippen molar-refractivity contribution in [3.05, 3.63) is 99.0 Å². The Bertz CT molecular complexity index is 1060. The van der Waals surface area contributed by atoms with Gasteiger partial charge >= 0.3 is 0 Å². The molecule has 9 heteroatoms. The summed E-state index contributed by atoms with van der Waals surface area (Å²) in [5.41, 5.74) is 12.5. The SMILES string of the molecule is NC(=NC(=O)C(NNOc1cccc(Cl)c1)c1ccc(Cl)cc1)c1cccc(Cl)c1. The quantitative estimate of drug-likeness (QED) is 0.268. The van der Waals surface area contributed by atoms with Crippen LogP contribution in [0.3, 0.4) is 0 Å². The molecule has 1 atom stereocenters. The first kappa shape index (κ1) is 22.1. The summed E-state index contributed by atoms with van der Waals surface area (Å²) in [5, 5.41) is 1.54. The van der Waals surface area contributed by atoms with Crippen molar-refractivity contribution in [2.75, 3.05) is 0 Å². The highest BCUT2D eigenvalue weighted by Crippen LogP contribution is 2.19. The first-order chi connectivity index (χ1) is 14.4. The highest BCUT2D eigenvalue weighted by Gasteiger charge is 2.21. The molecular weight excluding hydrogens is 447 g/mol. The van der Waals surface area contributed by atoms with Gasteiger partial charge in [-0.3, -0.25) is 4.79 Å². The molecule has 30 heavy (non-hydrogen) atoms. The Morgan fingerprint density at radius 1 is 0.900 bits per heavy atom. The number of rotatable bonds is 7. The van der Waals surface area contributed by atoms with Gasteiger partial charge in [0.05, 0.1) is 0 Å². The molecule has 0 aliphatic rings. The molecule has 0 spiro atoms. The zero-order valence-electron chi connectivity index (χ0n) is 15.5. The van der Waals surface area contributed by atoms with Crippen LogP contribution in [0.15, 0.2) is 77.8 Å². The molecule has 0 saturated carbocycles. The maximum absolute atomic E-state index is 12.9. The topological polar surface area (TPSA) is 88.7 Å². The van der Waals surface area contributed by atoms with Crippen LogP contribution >= 0.6 is 34.8 Å². The second kappa shape index (κ2) is 10.4. The average Bonchev–Trinajstić information content (AvgIpc) is 2.72. The van der Waals surface area contributed by atoms with Gasteiger partial charge in [-0.25, -0.2) is 5.43 Å². The molecule has 154 valence electrons. The van der Waals surface area contributed by atoms with E-state index in [0.717, 1.165) is 0 Å². The van der Waals surface area contributed by atoms with Crippen LogP contribution in [0.5, 0.6) is 5.75 Å². The van der Waals surface area contributed by atoms with Crippen LogP contribution < -0.4 is 21.6 Å². The summed E-state index contributed by atoms with van der Waals surface area (Å²) in [6.07, 6.45) is 0. The van der Waals surface area contributed by atoms with Gasteiger partial charge < -0.3 is 10.6 Å². The number of nitrogens with two attached hydrogens (primary N) is 1. The minimum absolute atomic E-state index is 0.0408. The lowest BCUT2D eigenvalue weighted by atomic mass is 10.1. The lowest BCUT2D eigenvalue weighted by molar-refractivity contribution is -0.120.